The first kappa shape index (κ1) is 8.99. The van der Waals surface area contributed by atoms with E-state index in [1.165, 1.54) is 6.08 Å². The van der Waals surface area contributed by atoms with Gasteiger partial charge in [0.05, 0.1) is 6.07 Å². The van der Waals surface area contributed by atoms with Gasteiger partial charge in [-0.15, -0.1) is 0 Å². The Hall–Kier alpha value is -0.100. The van der Waals surface area contributed by atoms with Crippen LogP contribution in [0.2, 0.25) is 0 Å². The van der Waals surface area contributed by atoms with Crippen LogP contribution in [0, 0.1) is 11.3 Å². The predicted octanol–water partition coefficient (Wildman–Crippen LogP) is 2.08. The second-order valence-corrected chi connectivity index (χ2v) is 3.72. The number of halogens is 3. The van der Waals surface area contributed by atoms with E-state index in [-0.39, 0.29) is 0 Å². The maximum atomic E-state index is 8.63. The first-order valence-corrected chi connectivity index (χ1v) is 4.06. The molecule has 60 valence electrons. The molecule has 2 nitrogen and oxygen atoms in total. The van der Waals surface area contributed by atoms with Crippen LogP contribution in [0.4, 0.5) is 0 Å². The lowest BCUT2D eigenvalue weighted by molar-refractivity contribution is 0.425. The molecule has 2 atom stereocenters. The van der Waals surface area contributed by atoms with Crippen molar-refractivity contribution >= 4 is 34.8 Å². The zero-order valence-electron chi connectivity index (χ0n) is 5.68. The normalized spacial score (nSPS) is 36.8. The van der Waals surface area contributed by atoms with Crippen molar-refractivity contribution in [3.05, 3.63) is 11.2 Å². The second kappa shape index (κ2) is 2.75. The summed E-state index contributed by atoms with van der Waals surface area (Å²) in [5.41, 5.74) is -0.596. The Balaban J connectivity index is 2.99. The number of nitriles is 1. The van der Waals surface area contributed by atoms with Gasteiger partial charge in [-0.1, -0.05) is 34.8 Å². The summed E-state index contributed by atoms with van der Waals surface area (Å²) in [5.74, 6) is 0. The van der Waals surface area contributed by atoms with Gasteiger partial charge < -0.3 is 4.90 Å². The standard InChI is InChI=1S/C6H5Cl3N2/c1-11-4(7)2-6(9,3-10)5(11)8/h2,5H,1H3. The average Bonchev–Trinajstić information content (AvgIpc) is 2.17. The van der Waals surface area contributed by atoms with Crippen molar-refractivity contribution in [1.29, 1.82) is 5.26 Å². The highest BCUT2D eigenvalue weighted by Crippen LogP contribution is 2.38. The molecule has 5 heteroatoms. The van der Waals surface area contributed by atoms with Crippen LogP contribution >= 0.6 is 34.8 Å². The van der Waals surface area contributed by atoms with Crippen molar-refractivity contribution in [1.82, 2.24) is 4.90 Å². The van der Waals surface area contributed by atoms with Crippen LogP contribution in [0.15, 0.2) is 11.2 Å². The van der Waals surface area contributed by atoms with Gasteiger partial charge in [0.2, 0.25) is 0 Å². The van der Waals surface area contributed by atoms with Gasteiger partial charge >= 0.3 is 0 Å². The largest absolute Gasteiger partial charge is 0.346 e. The summed E-state index contributed by atoms with van der Waals surface area (Å²) in [4.78, 5) is 0.354. The number of hydrogen-bond acceptors (Lipinski definition) is 2. The second-order valence-electron chi connectivity index (χ2n) is 2.29. The van der Waals surface area contributed by atoms with E-state index in [1.54, 1.807) is 11.9 Å². The average molecular weight is 211 g/mol. The Bertz CT molecular complexity index is 245. The van der Waals surface area contributed by atoms with Crippen molar-refractivity contribution in [2.75, 3.05) is 7.05 Å². The Morgan fingerprint density at radius 1 is 1.82 bits per heavy atom. The first-order chi connectivity index (χ1) is 5.01. The molecule has 0 spiro atoms. The molecular formula is C6H5Cl3N2. The van der Waals surface area contributed by atoms with Crippen LogP contribution < -0.4 is 0 Å². The van der Waals surface area contributed by atoms with Crippen LogP contribution in [0.25, 0.3) is 0 Å². The van der Waals surface area contributed by atoms with Crippen LogP contribution in [0.1, 0.15) is 0 Å². The van der Waals surface area contributed by atoms with Crippen LogP contribution in [-0.4, -0.2) is 22.3 Å². The van der Waals surface area contributed by atoms with E-state index in [0.717, 1.165) is 0 Å². The number of alkyl halides is 2. The van der Waals surface area contributed by atoms with Gasteiger partial charge in [0, 0.05) is 7.05 Å². The highest BCUT2D eigenvalue weighted by molar-refractivity contribution is 6.38. The number of nitrogens with zero attached hydrogens (tertiary/aromatic N) is 2. The quantitative estimate of drug-likeness (QED) is 0.453. The summed E-state index contributed by atoms with van der Waals surface area (Å²) in [7, 11) is 1.68. The molecule has 11 heavy (non-hydrogen) atoms. The molecule has 0 aliphatic carbocycles. The third kappa shape index (κ3) is 1.29. The van der Waals surface area contributed by atoms with Crippen LogP contribution in [0.5, 0.6) is 0 Å². The lowest BCUT2D eigenvalue weighted by Crippen LogP contribution is -2.34. The summed E-state index contributed by atoms with van der Waals surface area (Å²) in [5, 5.41) is 9.04. The molecule has 2 unspecified atom stereocenters. The van der Waals surface area contributed by atoms with E-state index in [9.17, 15) is 0 Å². The van der Waals surface area contributed by atoms with Crippen molar-refractivity contribution < 1.29 is 0 Å². The fourth-order valence-electron chi connectivity index (χ4n) is 0.820. The number of rotatable bonds is 0. The fourth-order valence-corrected chi connectivity index (χ4v) is 1.66. The SMILES string of the molecule is CN1C(Cl)=CC(Cl)(C#N)C1Cl. The summed E-state index contributed by atoms with van der Waals surface area (Å²) in [6, 6.07) is 1.88. The molecule has 0 bridgehead atoms. The zero-order valence-corrected chi connectivity index (χ0v) is 7.95. The Morgan fingerprint density at radius 2 is 2.36 bits per heavy atom. The van der Waals surface area contributed by atoms with Gasteiger partial charge in [0.15, 0.2) is 4.87 Å². The van der Waals surface area contributed by atoms with E-state index in [4.69, 9.17) is 40.1 Å². The molecule has 0 aromatic heterocycles. The highest BCUT2D eigenvalue weighted by Gasteiger charge is 2.43. The molecule has 0 radical (unpaired) electrons. The van der Waals surface area contributed by atoms with Gasteiger partial charge in [-0.05, 0) is 6.08 Å². The summed E-state index contributed by atoms with van der Waals surface area (Å²) in [6.45, 7) is 0. The monoisotopic (exact) mass is 210 g/mol. The van der Waals surface area contributed by atoms with E-state index in [1.807, 2.05) is 6.07 Å². The van der Waals surface area contributed by atoms with Crippen molar-refractivity contribution in [2.24, 2.45) is 0 Å². The van der Waals surface area contributed by atoms with E-state index >= 15 is 0 Å². The van der Waals surface area contributed by atoms with Gasteiger partial charge in [0.25, 0.3) is 0 Å². The molecule has 0 aromatic rings. The molecule has 1 heterocycles. The third-order valence-electron chi connectivity index (χ3n) is 1.52. The Labute approximate surface area is 79.9 Å². The molecule has 0 saturated heterocycles. The first-order valence-electron chi connectivity index (χ1n) is 2.86. The van der Waals surface area contributed by atoms with Gasteiger partial charge in [-0.2, -0.15) is 5.26 Å². The highest BCUT2D eigenvalue weighted by atomic mass is 35.5. The van der Waals surface area contributed by atoms with Crippen molar-refractivity contribution in [3.63, 3.8) is 0 Å². The zero-order chi connectivity index (χ0) is 8.65. The smallest absolute Gasteiger partial charge is 0.186 e. The van der Waals surface area contributed by atoms with Crippen LogP contribution in [-0.2, 0) is 0 Å². The molecular weight excluding hydrogens is 206 g/mol. The predicted molar refractivity (Wildman–Crippen MR) is 45.5 cm³/mol. The van der Waals surface area contributed by atoms with Gasteiger partial charge in [-0.25, -0.2) is 0 Å². The van der Waals surface area contributed by atoms with E-state index in [0.29, 0.717) is 5.16 Å². The van der Waals surface area contributed by atoms with Crippen LogP contribution in [0.3, 0.4) is 0 Å². The lowest BCUT2D eigenvalue weighted by atomic mass is 10.2. The molecule has 0 saturated carbocycles. The molecule has 0 fully saturated rings. The maximum Gasteiger partial charge on any atom is 0.186 e. The molecule has 1 rings (SSSR count). The summed E-state index contributed by atoms with van der Waals surface area (Å²) >= 11 is 17.3. The molecule has 0 aromatic carbocycles. The summed E-state index contributed by atoms with van der Waals surface area (Å²) < 4.78 is 0. The maximum absolute atomic E-state index is 8.63. The van der Waals surface area contributed by atoms with Gasteiger partial charge in [-0.3, -0.25) is 0 Å². The Kier molecular flexibility index (Phi) is 2.24. The minimum absolute atomic E-state index is 0.404. The molecule has 0 amide bonds. The molecule has 0 N–H and O–H groups in total. The van der Waals surface area contributed by atoms with Crippen molar-refractivity contribution in [3.8, 4) is 6.07 Å². The minimum Gasteiger partial charge on any atom is -0.346 e. The molecule has 1 aliphatic heterocycles. The van der Waals surface area contributed by atoms with Crippen molar-refractivity contribution in [2.45, 2.75) is 10.4 Å². The minimum atomic E-state index is -1.19. The van der Waals surface area contributed by atoms with Gasteiger partial charge in [0.1, 0.15) is 10.7 Å². The third-order valence-corrected chi connectivity index (χ3v) is 3.05. The summed E-state index contributed by atoms with van der Waals surface area (Å²) in [6.07, 6.45) is 1.44. The number of hydrogen-bond donors (Lipinski definition) is 0. The van der Waals surface area contributed by atoms with E-state index in [2.05, 4.69) is 0 Å². The van der Waals surface area contributed by atoms with E-state index < -0.39 is 10.4 Å². The molecule has 1 aliphatic rings. The fraction of sp³-hybridized carbons (Fsp3) is 0.500. The lowest BCUT2D eigenvalue weighted by Gasteiger charge is -2.21. The Morgan fingerprint density at radius 3 is 2.55 bits per heavy atom. The topological polar surface area (TPSA) is 27.0 Å².